The predicted octanol–water partition coefficient (Wildman–Crippen LogP) is 1.43. The van der Waals surface area contributed by atoms with E-state index in [9.17, 15) is 4.79 Å². The lowest BCUT2D eigenvalue weighted by molar-refractivity contribution is -0.119. The molecule has 19 heavy (non-hydrogen) atoms. The van der Waals surface area contributed by atoms with Crippen LogP contribution in [-0.2, 0) is 16.0 Å². The van der Waals surface area contributed by atoms with E-state index in [0.29, 0.717) is 0 Å². The van der Waals surface area contributed by atoms with Crippen LogP contribution in [0, 0.1) is 0 Å². The van der Waals surface area contributed by atoms with Crippen molar-refractivity contribution in [3.63, 3.8) is 0 Å². The molecule has 1 saturated heterocycles. The Hall–Kier alpha value is -1.55. The van der Waals surface area contributed by atoms with E-state index < -0.39 is 0 Å². The largest absolute Gasteiger partial charge is 0.378 e. The van der Waals surface area contributed by atoms with Crippen molar-refractivity contribution in [3.05, 3.63) is 29.3 Å². The van der Waals surface area contributed by atoms with Crippen LogP contribution in [0.5, 0.6) is 0 Å². The van der Waals surface area contributed by atoms with Crippen LogP contribution in [0.4, 0.5) is 5.69 Å². The number of carbonyl (C=O) groups is 1. The van der Waals surface area contributed by atoms with Crippen molar-refractivity contribution < 1.29 is 9.53 Å². The van der Waals surface area contributed by atoms with Gasteiger partial charge in [0, 0.05) is 18.8 Å². The molecule has 1 aromatic rings. The zero-order valence-corrected chi connectivity index (χ0v) is 11.1. The summed E-state index contributed by atoms with van der Waals surface area (Å²) in [5.41, 5.74) is 9.17. The van der Waals surface area contributed by atoms with Gasteiger partial charge in [0.05, 0.1) is 19.1 Å². The van der Waals surface area contributed by atoms with E-state index in [4.69, 9.17) is 10.5 Å². The minimum absolute atomic E-state index is 0.0949. The van der Waals surface area contributed by atoms with Crippen molar-refractivity contribution >= 4 is 11.6 Å². The number of nitrogens with zero attached hydrogens (tertiary/aromatic N) is 1. The van der Waals surface area contributed by atoms with Crippen LogP contribution in [0.15, 0.2) is 18.2 Å². The van der Waals surface area contributed by atoms with Gasteiger partial charge in [-0.15, -0.1) is 0 Å². The van der Waals surface area contributed by atoms with Crippen molar-refractivity contribution in [3.8, 4) is 0 Å². The van der Waals surface area contributed by atoms with Gasteiger partial charge in [-0.2, -0.15) is 0 Å². The summed E-state index contributed by atoms with van der Waals surface area (Å²) in [6.07, 6.45) is 2.99. The van der Waals surface area contributed by atoms with Gasteiger partial charge < -0.3 is 15.4 Å². The smallest absolute Gasteiger partial charge is 0.224 e. The molecule has 1 fully saturated rings. The Kier molecular flexibility index (Phi) is 3.42. The zero-order chi connectivity index (χ0) is 13.2. The van der Waals surface area contributed by atoms with Gasteiger partial charge in [-0.3, -0.25) is 4.79 Å². The third-order valence-electron chi connectivity index (χ3n) is 4.16. The monoisotopic (exact) mass is 260 g/mol. The van der Waals surface area contributed by atoms with Gasteiger partial charge in [0.25, 0.3) is 0 Å². The molecule has 1 atom stereocenters. The van der Waals surface area contributed by atoms with Crippen LogP contribution in [0.3, 0.4) is 0 Å². The predicted molar refractivity (Wildman–Crippen MR) is 74.3 cm³/mol. The summed E-state index contributed by atoms with van der Waals surface area (Å²) >= 11 is 0. The first-order chi connectivity index (χ1) is 9.25. The zero-order valence-electron chi connectivity index (χ0n) is 11.1. The molecule has 0 bridgehead atoms. The fourth-order valence-corrected chi connectivity index (χ4v) is 3.11. The Bertz CT molecular complexity index is 481. The SMILES string of the molecule is NC(=O)C1CCCc2cc(N3CCOCC3)ccc21. The number of aryl methyl sites for hydroxylation is 1. The summed E-state index contributed by atoms with van der Waals surface area (Å²) in [6, 6.07) is 6.44. The number of carbonyl (C=O) groups excluding carboxylic acids is 1. The molecule has 1 amide bonds. The number of anilines is 1. The number of morpholine rings is 1. The van der Waals surface area contributed by atoms with Gasteiger partial charge in [-0.1, -0.05) is 6.07 Å². The van der Waals surface area contributed by atoms with Crippen LogP contribution >= 0.6 is 0 Å². The molecule has 0 saturated carbocycles. The van der Waals surface area contributed by atoms with E-state index in [0.717, 1.165) is 51.1 Å². The fraction of sp³-hybridized carbons (Fsp3) is 0.533. The van der Waals surface area contributed by atoms with Gasteiger partial charge >= 0.3 is 0 Å². The maximum atomic E-state index is 11.5. The fourth-order valence-electron chi connectivity index (χ4n) is 3.11. The van der Waals surface area contributed by atoms with Gasteiger partial charge in [0.15, 0.2) is 0 Å². The molecule has 3 rings (SSSR count). The molecule has 102 valence electrons. The standard InChI is InChI=1S/C15H20N2O2/c16-15(18)14-3-1-2-11-10-12(4-5-13(11)14)17-6-8-19-9-7-17/h4-5,10,14H,1-3,6-9H2,(H2,16,18). The Labute approximate surface area is 113 Å². The molecule has 1 aromatic carbocycles. The van der Waals surface area contributed by atoms with Crippen LogP contribution in [-0.4, -0.2) is 32.2 Å². The highest BCUT2D eigenvalue weighted by atomic mass is 16.5. The Morgan fingerprint density at radius 2 is 2.11 bits per heavy atom. The molecule has 0 radical (unpaired) electrons. The molecule has 1 aliphatic carbocycles. The minimum atomic E-state index is -0.194. The van der Waals surface area contributed by atoms with Crippen molar-refractivity contribution in [2.24, 2.45) is 5.73 Å². The maximum absolute atomic E-state index is 11.5. The molecule has 4 heteroatoms. The molecule has 1 heterocycles. The van der Waals surface area contributed by atoms with E-state index in [1.165, 1.54) is 11.3 Å². The highest BCUT2D eigenvalue weighted by Crippen LogP contribution is 2.33. The number of ether oxygens (including phenoxy) is 1. The molecule has 2 aliphatic rings. The first kappa shape index (κ1) is 12.5. The molecule has 1 unspecified atom stereocenters. The van der Waals surface area contributed by atoms with Crippen LogP contribution < -0.4 is 10.6 Å². The van der Waals surface area contributed by atoms with E-state index >= 15 is 0 Å². The molecule has 0 aromatic heterocycles. The lowest BCUT2D eigenvalue weighted by atomic mass is 9.82. The first-order valence-corrected chi connectivity index (χ1v) is 7.00. The molecule has 2 N–H and O–H groups in total. The number of amides is 1. The topological polar surface area (TPSA) is 55.6 Å². The minimum Gasteiger partial charge on any atom is -0.378 e. The summed E-state index contributed by atoms with van der Waals surface area (Å²) < 4.78 is 5.38. The van der Waals surface area contributed by atoms with E-state index in [-0.39, 0.29) is 11.8 Å². The lowest BCUT2D eigenvalue weighted by Crippen LogP contribution is -2.36. The summed E-state index contributed by atoms with van der Waals surface area (Å²) in [7, 11) is 0. The molecule has 1 aliphatic heterocycles. The second kappa shape index (κ2) is 5.21. The van der Waals surface area contributed by atoms with Gasteiger partial charge in [-0.05, 0) is 42.5 Å². The number of primary amides is 1. The van der Waals surface area contributed by atoms with Gasteiger partial charge in [-0.25, -0.2) is 0 Å². The molecular formula is C15H20N2O2. The maximum Gasteiger partial charge on any atom is 0.224 e. The van der Waals surface area contributed by atoms with Gasteiger partial charge in [0.1, 0.15) is 0 Å². The van der Waals surface area contributed by atoms with E-state index in [1.54, 1.807) is 0 Å². The third kappa shape index (κ3) is 2.45. The normalized spacial score (nSPS) is 22.9. The lowest BCUT2D eigenvalue weighted by Gasteiger charge is -2.31. The average Bonchev–Trinajstić information content (AvgIpc) is 2.47. The summed E-state index contributed by atoms with van der Waals surface area (Å²) in [5, 5.41) is 0. The molecule has 0 spiro atoms. The second-order valence-corrected chi connectivity index (χ2v) is 5.33. The van der Waals surface area contributed by atoms with Gasteiger partial charge in [0.2, 0.25) is 5.91 Å². The Balaban J connectivity index is 1.88. The van der Waals surface area contributed by atoms with Crippen LogP contribution in [0.2, 0.25) is 0 Å². The van der Waals surface area contributed by atoms with Crippen molar-refractivity contribution in [1.82, 2.24) is 0 Å². The third-order valence-corrected chi connectivity index (χ3v) is 4.16. The second-order valence-electron chi connectivity index (χ2n) is 5.33. The van der Waals surface area contributed by atoms with Crippen molar-refractivity contribution in [1.29, 1.82) is 0 Å². The van der Waals surface area contributed by atoms with E-state index in [2.05, 4.69) is 23.1 Å². The number of nitrogens with two attached hydrogens (primary N) is 1. The van der Waals surface area contributed by atoms with E-state index in [1.807, 2.05) is 0 Å². The summed E-state index contributed by atoms with van der Waals surface area (Å²) in [5.74, 6) is -0.289. The highest BCUT2D eigenvalue weighted by molar-refractivity contribution is 5.83. The first-order valence-electron chi connectivity index (χ1n) is 7.00. The molecule has 4 nitrogen and oxygen atoms in total. The number of hydrogen-bond acceptors (Lipinski definition) is 3. The average molecular weight is 260 g/mol. The van der Waals surface area contributed by atoms with Crippen molar-refractivity contribution in [2.45, 2.75) is 25.2 Å². The number of hydrogen-bond donors (Lipinski definition) is 1. The van der Waals surface area contributed by atoms with Crippen LogP contribution in [0.25, 0.3) is 0 Å². The Morgan fingerprint density at radius 1 is 1.32 bits per heavy atom. The Morgan fingerprint density at radius 3 is 2.84 bits per heavy atom. The van der Waals surface area contributed by atoms with Crippen molar-refractivity contribution in [2.75, 3.05) is 31.2 Å². The highest BCUT2D eigenvalue weighted by Gasteiger charge is 2.25. The molecular weight excluding hydrogens is 240 g/mol. The van der Waals surface area contributed by atoms with Crippen LogP contribution in [0.1, 0.15) is 29.9 Å². The number of rotatable bonds is 2. The summed E-state index contributed by atoms with van der Waals surface area (Å²) in [4.78, 5) is 13.8. The summed E-state index contributed by atoms with van der Waals surface area (Å²) in [6.45, 7) is 3.47. The number of fused-ring (bicyclic) bond motifs is 1. The number of benzene rings is 1. The quantitative estimate of drug-likeness (QED) is 0.875.